The summed E-state index contributed by atoms with van der Waals surface area (Å²) >= 11 is 0. The number of benzene rings is 9. The fourth-order valence-corrected chi connectivity index (χ4v) is 12.1. The summed E-state index contributed by atoms with van der Waals surface area (Å²) in [5.41, 5.74) is 20.8. The molecule has 0 saturated heterocycles. The molecule has 9 aromatic carbocycles. The van der Waals surface area contributed by atoms with E-state index in [1.807, 2.05) is 12.1 Å². The predicted octanol–water partition coefficient (Wildman–Crippen LogP) is 16.8. The van der Waals surface area contributed by atoms with E-state index in [4.69, 9.17) is 4.42 Å². The van der Waals surface area contributed by atoms with Crippen molar-refractivity contribution in [2.24, 2.45) is 11.8 Å². The summed E-state index contributed by atoms with van der Waals surface area (Å²) in [6.45, 7) is 0. The van der Waals surface area contributed by atoms with Gasteiger partial charge in [0.1, 0.15) is 11.2 Å². The molecule has 2 heteroatoms. The standard InChI is InChI=1S/C61H45NO/c1-2-14-42(15-3-1)47-16-4-5-17-48(47)49-18-6-7-19-50(49)53-21-9-12-24-58(53)62(45-31-27-41(28-32-45)43-29-34-55-54-22-10-13-25-59(54)63-60(55)37-43)46-33-35-52-51-20-8-11-23-56(51)61(57(52)38-46)39-40-26-30-44(61)36-40/h1-25,27-29,31-35,37-38,40,44H,26,30,36,39H2. The van der Waals surface area contributed by atoms with Gasteiger partial charge in [0.2, 0.25) is 0 Å². The van der Waals surface area contributed by atoms with Crippen molar-refractivity contribution in [2.45, 2.75) is 31.1 Å². The third-order valence-corrected chi connectivity index (χ3v) is 14.8. The molecule has 10 aromatic rings. The third kappa shape index (κ3) is 5.64. The first-order chi connectivity index (χ1) is 31.2. The molecule has 1 spiro atoms. The molecule has 2 saturated carbocycles. The van der Waals surface area contributed by atoms with Crippen molar-refractivity contribution < 1.29 is 4.42 Å². The Morgan fingerprint density at radius 3 is 1.78 bits per heavy atom. The lowest BCUT2D eigenvalue weighted by molar-refractivity contribution is 0.327. The van der Waals surface area contributed by atoms with Crippen molar-refractivity contribution in [3.63, 3.8) is 0 Å². The molecule has 2 bridgehead atoms. The van der Waals surface area contributed by atoms with Gasteiger partial charge in [-0.25, -0.2) is 0 Å². The van der Waals surface area contributed by atoms with Gasteiger partial charge in [0.05, 0.1) is 5.69 Å². The Morgan fingerprint density at radius 2 is 1.00 bits per heavy atom. The average Bonchev–Trinajstić information content (AvgIpc) is 4.14. The molecule has 3 atom stereocenters. The third-order valence-electron chi connectivity index (χ3n) is 14.8. The summed E-state index contributed by atoms with van der Waals surface area (Å²) in [6, 6.07) is 78.3. The van der Waals surface area contributed by atoms with E-state index >= 15 is 0 Å². The fourth-order valence-electron chi connectivity index (χ4n) is 12.1. The van der Waals surface area contributed by atoms with Gasteiger partial charge >= 0.3 is 0 Å². The van der Waals surface area contributed by atoms with Gasteiger partial charge in [0.15, 0.2) is 0 Å². The van der Waals surface area contributed by atoms with Crippen LogP contribution in [0.5, 0.6) is 0 Å². The van der Waals surface area contributed by atoms with Crippen molar-refractivity contribution in [2.75, 3.05) is 4.90 Å². The number of nitrogens with zero attached hydrogens (tertiary/aromatic N) is 1. The quantitative estimate of drug-likeness (QED) is 0.159. The van der Waals surface area contributed by atoms with Crippen LogP contribution in [0.1, 0.15) is 36.8 Å². The molecule has 1 aromatic heterocycles. The number of para-hydroxylation sites is 2. The Morgan fingerprint density at radius 1 is 0.397 bits per heavy atom. The molecule has 3 aliphatic rings. The van der Waals surface area contributed by atoms with Crippen LogP contribution in [-0.4, -0.2) is 0 Å². The van der Waals surface area contributed by atoms with Crippen molar-refractivity contribution >= 4 is 39.0 Å². The van der Waals surface area contributed by atoms with Crippen LogP contribution in [0.3, 0.4) is 0 Å². The Bertz CT molecular complexity index is 3380. The number of rotatable bonds is 7. The van der Waals surface area contributed by atoms with E-state index in [-0.39, 0.29) is 5.41 Å². The number of hydrogen-bond acceptors (Lipinski definition) is 2. The summed E-state index contributed by atoms with van der Waals surface area (Å²) in [7, 11) is 0. The SMILES string of the molecule is c1ccc(-c2ccccc2-c2ccccc2-c2ccccc2N(c2ccc(-c3ccc4c(c3)oc3ccccc34)cc2)c2ccc3c(c2)C2(CC4CCC2C4)c2ccccc2-3)cc1. The van der Waals surface area contributed by atoms with Gasteiger partial charge in [-0.2, -0.15) is 0 Å². The molecule has 0 N–H and O–H groups in total. The van der Waals surface area contributed by atoms with Gasteiger partial charge < -0.3 is 9.32 Å². The number of hydrogen-bond donors (Lipinski definition) is 0. The van der Waals surface area contributed by atoms with Crippen LogP contribution in [0.2, 0.25) is 0 Å². The van der Waals surface area contributed by atoms with Crippen LogP contribution in [0.4, 0.5) is 17.1 Å². The monoisotopic (exact) mass is 807 g/mol. The molecule has 1 heterocycles. The van der Waals surface area contributed by atoms with Crippen molar-refractivity contribution in [1.29, 1.82) is 0 Å². The summed E-state index contributed by atoms with van der Waals surface area (Å²) in [4.78, 5) is 2.52. The first-order valence-electron chi connectivity index (χ1n) is 22.6. The molecule has 3 unspecified atom stereocenters. The minimum absolute atomic E-state index is 0.0724. The fraction of sp³-hybridized carbons (Fsp3) is 0.115. The summed E-state index contributed by atoms with van der Waals surface area (Å²) in [5.74, 6) is 1.48. The van der Waals surface area contributed by atoms with E-state index in [9.17, 15) is 0 Å². The van der Waals surface area contributed by atoms with Crippen molar-refractivity contribution in [3.05, 3.63) is 223 Å². The second-order valence-electron chi connectivity index (χ2n) is 18.0. The lowest BCUT2D eigenvalue weighted by Gasteiger charge is -2.37. The van der Waals surface area contributed by atoms with Crippen LogP contribution >= 0.6 is 0 Å². The van der Waals surface area contributed by atoms with Gasteiger partial charge in [-0.1, -0.05) is 170 Å². The number of fused-ring (bicyclic) bond motifs is 11. The molecule has 2 fully saturated rings. The summed E-state index contributed by atoms with van der Waals surface area (Å²) in [5, 5.41) is 2.30. The average molecular weight is 808 g/mol. The normalized spacial score (nSPS) is 18.3. The molecule has 300 valence electrons. The van der Waals surface area contributed by atoms with Crippen LogP contribution in [-0.2, 0) is 5.41 Å². The zero-order valence-electron chi connectivity index (χ0n) is 35.0. The molecule has 0 radical (unpaired) electrons. The molecule has 0 aliphatic heterocycles. The second kappa shape index (κ2) is 14.3. The smallest absolute Gasteiger partial charge is 0.136 e. The molecular formula is C61H45NO. The van der Waals surface area contributed by atoms with E-state index in [2.05, 4.69) is 205 Å². The predicted molar refractivity (Wildman–Crippen MR) is 262 cm³/mol. The first-order valence-corrected chi connectivity index (χ1v) is 22.6. The Balaban J connectivity index is 0.988. The number of anilines is 3. The van der Waals surface area contributed by atoms with E-state index in [0.717, 1.165) is 50.4 Å². The molecular weight excluding hydrogens is 763 g/mol. The topological polar surface area (TPSA) is 16.4 Å². The highest BCUT2D eigenvalue weighted by atomic mass is 16.3. The highest BCUT2D eigenvalue weighted by molar-refractivity contribution is 6.06. The highest BCUT2D eigenvalue weighted by Crippen LogP contribution is 2.66. The maximum absolute atomic E-state index is 6.33. The zero-order valence-corrected chi connectivity index (χ0v) is 35.0. The van der Waals surface area contributed by atoms with E-state index < -0.39 is 0 Å². The first kappa shape index (κ1) is 36.3. The molecule has 0 amide bonds. The summed E-state index contributed by atoms with van der Waals surface area (Å²) < 4.78 is 6.33. The minimum atomic E-state index is 0.0724. The molecule has 13 rings (SSSR count). The lowest BCUT2D eigenvalue weighted by Crippen LogP contribution is -2.32. The van der Waals surface area contributed by atoms with Gasteiger partial charge in [-0.3, -0.25) is 0 Å². The van der Waals surface area contributed by atoms with Gasteiger partial charge in [-0.15, -0.1) is 0 Å². The van der Waals surface area contributed by atoms with Gasteiger partial charge in [0.25, 0.3) is 0 Å². The maximum atomic E-state index is 6.33. The lowest BCUT2D eigenvalue weighted by atomic mass is 9.67. The van der Waals surface area contributed by atoms with Crippen LogP contribution in [0.25, 0.3) is 77.6 Å². The largest absolute Gasteiger partial charge is 0.456 e. The van der Waals surface area contributed by atoms with Crippen molar-refractivity contribution in [3.8, 4) is 55.6 Å². The summed E-state index contributed by atoms with van der Waals surface area (Å²) in [6.07, 6.45) is 5.27. The Kier molecular flexibility index (Phi) is 8.24. The van der Waals surface area contributed by atoms with Crippen LogP contribution in [0.15, 0.2) is 217 Å². The van der Waals surface area contributed by atoms with E-state index in [1.165, 1.54) is 81.4 Å². The second-order valence-corrected chi connectivity index (χ2v) is 18.0. The maximum Gasteiger partial charge on any atom is 0.136 e. The van der Waals surface area contributed by atoms with Gasteiger partial charge in [0, 0.05) is 33.1 Å². The van der Waals surface area contributed by atoms with Crippen LogP contribution < -0.4 is 4.90 Å². The van der Waals surface area contributed by atoms with Crippen molar-refractivity contribution in [1.82, 2.24) is 0 Å². The number of furan rings is 1. The molecule has 3 aliphatic carbocycles. The molecule has 2 nitrogen and oxygen atoms in total. The Hall–Kier alpha value is -7.42. The Labute approximate surface area is 368 Å². The van der Waals surface area contributed by atoms with E-state index in [1.54, 1.807) is 5.56 Å². The minimum Gasteiger partial charge on any atom is -0.456 e. The van der Waals surface area contributed by atoms with E-state index in [0.29, 0.717) is 5.92 Å². The van der Waals surface area contributed by atoms with Gasteiger partial charge in [-0.05, 0) is 141 Å². The zero-order chi connectivity index (χ0) is 41.5. The molecule has 63 heavy (non-hydrogen) atoms. The highest BCUT2D eigenvalue weighted by Gasteiger charge is 2.56. The van der Waals surface area contributed by atoms with Crippen LogP contribution in [0, 0.1) is 11.8 Å².